The van der Waals surface area contributed by atoms with Crippen LogP contribution < -0.4 is 5.32 Å². The second-order valence-corrected chi connectivity index (χ2v) is 6.80. The van der Waals surface area contributed by atoms with Gasteiger partial charge in [-0.3, -0.25) is 0 Å². The van der Waals surface area contributed by atoms with Gasteiger partial charge in [-0.15, -0.1) is 0 Å². The van der Waals surface area contributed by atoms with E-state index < -0.39 is 0 Å². The molecular weight excluding hydrogens is 352 g/mol. The number of aromatic nitrogens is 3. The van der Waals surface area contributed by atoms with Crippen molar-refractivity contribution in [2.45, 2.75) is 25.4 Å². The maximum atomic E-state index is 4.43. The standard InChI is InChI=1S/C18H17BrN4/c1-12-4-2-3-5-15(12)17-10-16(13-6-8-14(19)9-7-13)22-18-20-11-21-23(17)18/h2-9,11,16-17H,10H2,1H3,(H,20,21,22). The molecule has 5 heteroatoms. The van der Waals surface area contributed by atoms with Crippen molar-refractivity contribution >= 4 is 21.9 Å². The molecule has 2 atom stereocenters. The highest BCUT2D eigenvalue weighted by molar-refractivity contribution is 9.10. The van der Waals surface area contributed by atoms with Gasteiger partial charge in [0.25, 0.3) is 0 Å². The molecule has 0 saturated heterocycles. The van der Waals surface area contributed by atoms with Crippen LogP contribution in [0.25, 0.3) is 0 Å². The molecule has 0 aliphatic carbocycles. The predicted octanol–water partition coefficient (Wildman–Crippen LogP) is 4.50. The number of halogens is 1. The minimum atomic E-state index is 0.198. The lowest BCUT2D eigenvalue weighted by molar-refractivity contribution is 0.429. The molecular formula is C18H17BrN4. The fourth-order valence-electron chi connectivity index (χ4n) is 3.25. The summed E-state index contributed by atoms with van der Waals surface area (Å²) in [6, 6.07) is 17.4. The normalized spacial score (nSPS) is 19.9. The fraction of sp³-hybridized carbons (Fsp3) is 0.222. The predicted molar refractivity (Wildman–Crippen MR) is 94.5 cm³/mol. The Hall–Kier alpha value is -2.14. The lowest BCUT2D eigenvalue weighted by Crippen LogP contribution is -2.28. The molecule has 23 heavy (non-hydrogen) atoms. The van der Waals surface area contributed by atoms with Crippen LogP contribution in [0.1, 0.15) is 35.2 Å². The van der Waals surface area contributed by atoms with Crippen LogP contribution in [0, 0.1) is 6.92 Å². The number of hydrogen-bond donors (Lipinski definition) is 1. The summed E-state index contributed by atoms with van der Waals surface area (Å²) in [5.74, 6) is 0.831. The number of fused-ring (bicyclic) bond motifs is 1. The molecule has 4 nitrogen and oxygen atoms in total. The van der Waals surface area contributed by atoms with Crippen molar-refractivity contribution in [2.75, 3.05) is 5.32 Å². The molecule has 0 saturated carbocycles. The van der Waals surface area contributed by atoms with Gasteiger partial charge in [0, 0.05) is 4.47 Å². The summed E-state index contributed by atoms with van der Waals surface area (Å²) in [6.45, 7) is 2.16. The average molecular weight is 369 g/mol. The zero-order valence-corrected chi connectivity index (χ0v) is 14.4. The van der Waals surface area contributed by atoms with Crippen LogP contribution >= 0.6 is 15.9 Å². The van der Waals surface area contributed by atoms with Gasteiger partial charge in [0.05, 0.1) is 12.1 Å². The molecule has 0 bridgehead atoms. The topological polar surface area (TPSA) is 42.7 Å². The Labute approximate surface area is 143 Å². The quantitative estimate of drug-likeness (QED) is 0.724. The van der Waals surface area contributed by atoms with Crippen LogP contribution in [0.5, 0.6) is 0 Å². The maximum absolute atomic E-state index is 4.43. The minimum Gasteiger partial charge on any atom is -0.348 e. The summed E-state index contributed by atoms with van der Waals surface area (Å²) in [4.78, 5) is 4.39. The second-order valence-electron chi connectivity index (χ2n) is 5.88. The van der Waals surface area contributed by atoms with Gasteiger partial charge in [0.1, 0.15) is 6.33 Å². The monoisotopic (exact) mass is 368 g/mol. The van der Waals surface area contributed by atoms with Crippen molar-refractivity contribution in [3.63, 3.8) is 0 Å². The van der Waals surface area contributed by atoms with E-state index in [1.165, 1.54) is 16.7 Å². The number of nitrogens with one attached hydrogen (secondary N) is 1. The summed E-state index contributed by atoms with van der Waals surface area (Å²) in [5, 5.41) is 7.94. The Balaban J connectivity index is 1.75. The van der Waals surface area contributed by atoms with Crippen LogP contribution in [0.2, 0.25) is 0 Å². The first-order valence-electron chi connectivity index (χ1n) is 7.69. The largest absolute Gasteiger partial charge is 0.348 e. The lowest BCUT2D eigenvalue weighted by Gasteiger charge is -2.32. The second kappa shape index (κ2) is 5.81. The number of anilines is 1. The van der Waals surface area contributed by atoms with Gasteiger partial charge in [-0.05, 0) is 42.2 Å². The van der Waals surface area contributed by atoms with Crippen LogP contribution in [-0.2, 0) is 0 Å². The van der Waals surface area contributed by atoms with Gasteiger partial charge in [-0.25, -0.2) is 4.68 Å². The van der Waals surface area contributed by atoms with E-state index in [2.05, 4.69) is 86.8 Å². The minimum absolute atomic E-state index is 0.198. The highest BCUT2D eigenvalue weighted by Gasteiger charge is 2.30. The molecule has 1 N–H and O–H groups in total. The smallest absolute Gasteiger partial charge is 0.222 e. The molecule has 0 radical (unpaired) electrons. The van der Waals surface area contributed by atoms with Crippen molar-refractivity contribution in [3.8, 4) is 0 Å². The van der Waals surface area contributed by atoms with Crippen molar-refractivity contribution in [1.82, 2.24) is 14.8 Å². The Morgan fingerprint density at radius 2 is 1.91 bits per heavy atom. The lowest BCUT2D eigenvalue weighted by atomic mass is 9.91. The molecule has 1 aromatic heterocycles. The molecule has 2 heterocycles. The third-order valence-corrected chi connectivity index (χ3v) is 4.98. The number of aryl methyl sites for hydroxylation is 1. The maximum Gasteiger partial charge on any atom is 0.222 e. The van der Waals surface area contributed by atoms with Crippen molar-refractivity contribution in [1.29, 1.82) is 0 Å². The first-order valence-corrected chi connectivity index (χ1v) is 8.49. The summed E-state index contributed by atoms with van der Waals surface area (Å²) >= 11 is 3.50. The number of hydrogen-bond acceptors (Lipinski definition) is 3. The van der Waals surface area contributed by atoms with Crippen LogP contribution in [0.15, 0.2) is 59.3 Å². The SMILES string of the molecule is Cc1ccccc1C1CC(c2ccc(Br)cc2)Nc2ncnn21. The van der Waals surface area contributed by atoms with Crippen molar-refractivity contribution in [2.24, 2.45) is 0 Å². The Morgan fingerprint density at radius 3 is 2.70 bits per heavy atom. The molecule has 2 aromatic carbocycles. The Bertz CT molecular complexity index is 825. The van der Waals surface area contributed by atoms with E-state index in [9.17, 15) is 0 Å². The van der Waals surface area contributed by atoms with E-state index in [0.717, 1.165) is 16.8 Å². The van der Waals surface area contributed by atoms with Gasteiger partial charge in [-0.2, -0.15) is 10.1 Å². The molecule has 0 fully saturated rings. The van der Waals surface area contributed by atoms with Crippen molar-refractivity contribution < 1.29 is 0 Å². The van der Waals surface area contributed by atoms with Gasteiger partial charge in [-0.1, -0.05) is 52.3 Å². The molecule has 4 rings (SSSR count). The molecule has 0 spiro atoms. The van der Waals surface area contributed by atoms with Crippen LogP contribution in [0.3, 0.4) is 0 Å². The number of rotatable bonds is 2. The highest BCUT2D eigenvalue weighted by atomic mass is 79.9. The zero-order valence-electron chi connectivity index (χ0n) is 12.8. The van der Waals surface area contributed by atoms with E-state index in [4.69, 9.17) is 0 Å². The first-order chi connectivity index (χ1) is 11.2. The Kier molecular flexibility index (Phi) is 3.65. The van der Waals surface area contributed by atoms with Gasteiger partial charge >= 0.3 is 0 Å². The summed E-state index contributed by atoms with van der Waals surface area (Å²) in [7, 11) is 0. The summed E-state index contributed by atoms with van der Waals surface area (Å²) in [6.07, 6.45) is 2.57. The summed E-state index contributed by atoms with van der Waals surface area (Å²) in [5.41, 5.74) is 3.86. The molecule has 3 aromatic rings. The number of nitrogens with zero attached hydrogens (tertiary/aromatic N) is 3. The molecule has 1 aliphatic heterocycles. The highest BCUT2D eigenvalue weighted by Crippen LogP contribution is 2.38. The molecule has 1 aliphatic rings. The van der Waals surface area contributed by atoms with E-state index in [1.807, 2.05) is 4.68 Å². The third-order valence-electron chi connectivity index (χ3n) is 4.45. The average Bonchev–Trinajstić information content (AvgIpc) is 3.04. The molecule has 2 unspecified atom stereocenters. The van der Waals surface area contributed by atoms with Crippen LogP contribution in [-0.4, -0.2) is 14.8 Å². The first kappa shape index (κ1) is 14.5. The summed E-state index contributed by atoms with van der Waals surface area (Å²) < 4.78 is 3.09. The zero-order chi connectivity index (χ0) is 15.8. The molecule has 0 amide bonds. The van der Waals surface area contributed by atoms with E-state index in [-0.39, 0.29) is 12.1 Å². The van der Waals surface area contributed by atoms with E-state index in [0.29, 0.717) is 0 Å². The third kappa shape index (κ3) is 2.65. The fourth-order valence-corrected chi connectivity index (χ4v) is 3.52. The number of benzene rings is 2. The van der Waals surface area contributed by atoms with Gasteiger partial charge < -0.3 is 5.32 Å². The van der Waals surface area contributed by atoms with Crippen LogP contribution in [0.4, 0.5) is 5.95 Å². The molecule has 116 valence electrons. The van der Waals surface area contributed by atoms with E-state index in [1.54, 1.807) is 6.33 Å². The Morgan fingerprint density at radius 1 is 1.13 bits per heavy atom. The van der Waals surface area contributed by atoms with Gasteiger partial charge in [0.2, 0.25) is 5.95 Å². The van der Waals surface area contributed by atoms with E-state index >= 15 is 0 Å². The van der Waals surface area contributed by atoms with Gasteiger partial charge in [0.15, 0.2) is 0 Å². The van der Waals surface area contributed by atoms with Crippen molar-refractivity contribution in [3.05, 3.63) is 76.0 Å².